The molecule has 0 aliphatic heterocycles. The van der Waals surface area contributed by atoms with Gasteiger partial charge in [-0.1, -0.05) is 36.4 Å². The number of rotatable bonds is 5. The summed E-state index contributed by atoms with van der Waals surface area (Å²) in [6.07, 6.45) is 0. The molecule has 2 aromatic rings. The molecular formula is C14H14O2S2. The van der Waals surface area contributed by atoms with E-state index in [2.05, 4.69) is 0 Å². The molecule has 0 N–H and O–H groups in total. The van der Waals surface area contributed by atoms with Crippen LogP contribution in [-0.4, -0.2) is 19.9 Å². The summed E-state index contributed by atoms with van der Waals surface area (Å²) in [4.78, 5) is 1.59. The third kappa shape index (κ3) is 3.62. The fourth-order valence-corrected chi connectivity index (χ4v) is 4.14. The van der Waals surface area contributed by atoms with Gasteiger partial charge in [0.1, 0.15) is 0 Å². The summed E-state index contributed by atoms with van der Waals surface area (Å²) in [6.45, 7) is 0. The minimum absolute atomic E-state index is 0.422. The van der Waals surface area contributed by atoms with Gasteiger partial charge in [0.2, 0.25) is 0 Å². The lowest BCUT2D eigenvalue weighted by Gasteiger charge is -2.03. The van der Waals surface area contributed by atoms with Crippen molar-refractivity contribution in [2.24, 2.45) is 0 Å². The van der Waals surface area contributed by atoms with Gasteiger partial charge in [-0.05, 0) is 24.3 Å². The van der Waals surface area contributed by atoms with Crippen LogP contribution < -0.4 is 0 Å². The highest BCUT2D eigenvalue weighted by Gasteiger charge is 2.07. The third-order valence-electron chi connectivity index (χ3n) is 2.47. The Morgan fingerprint density at radius 1 is 0.611 bits per heavy atom. The van der Waals surface area contributed by atoms with Crippen molar-refractivity contribution in [3.63, 3.8) is 0 Å². The molecule has 0 bridgehead atoms. The fourth-order valence-electron chi connectivity index (χ4n) is 1.53. The number of hydrogen-bond donors (Lipinski definition) is 0. The molecule has 2 atom stereocenters. The van der Waals surface area contributed by atoms with Crippen LogP contribution in [0.25, 0.3) is 0 Å². The van der Waals surface area contributed by atoms with Gasteiger partial charge in [0.05, 0.1) is 21.6 Å². The molecule has 2 aromatic carbocycles. The van der Waals surface area contributed by atoms with Gasteiger partial charge in [-0.3, -0.25) is 8.42 Å². The second-order valence-electron chi connectivity index (χ2n) is 3.73. The van der Waals surface area contributed by atoms with Crippen LogP contribution >= 0.6 is 0 Å². The smallest absolute Gasteiger partial charge is 0.0538 e. The molecule has 0 heterocycles. The van der Waals surface area contributed by atoms with E-state index in [1.54, 1.807) is 0 Å². The highest BCUT2D eigenvalue weighted by Crippen LogP contribution is 2.09. The summed E-state index contributed by atoms with van der Waals surface area (Å²) in [5.41, 5.74) is 0. The standard InChI is InChI=1S/C14H14O2S2/c15-17(13-7-3-1-4-8-13)11-12-18(16)14-9-5-2-6-10-14/h1-10H,11-12H2. The van der Waals surface area contributed by atoms with Crippen LogP contribution in [0.3, 0.4) is 0 Å². The second kappa shape index (κ2) is 6.61. The van der Waals surface area contributed by atoms with Crippen molar-refractivity contribution >= 4 is 21.6 Å². The Balaban J connectivity index is 1.93. The predicted octanol–water partition coefficient (Wildman–Crippen LogP) is 2.60. The van der Waals surface area contributed by atoms with Crippen LogP contribution in [0.1, 0.15) is 0 Å². The second-order valence-corrected chi connectivity index (χ2v) is 6.87. The van der Waals surface area contributed by atoms with Crippen molar-refractivity contribution in [2.45, 2.75) is 9.79 Å². The first-order chi connectivity index (χ1) is 8.77. The van der Waals surface area contributed by atoms with Crippen molar-refractivity contribution in [1.82, 2.24) is 0 Å². The van der Waals surface area contributed by atoms with Gasteiger partial charge in [-0.15, -0.1) is 0 Å². The van der Waals surface area contributed by atoms with E-state index >= 15 is 0 Å². The molecule has 0 aromatic heterocycles. The predicted molar refractivity (Wildman–Crippen MR) is 75.4 cm³/mol. The quantitative estimate of drug-likeness (QED) is 0.842. The topological polar surface area (TPSA) is 34.1 Å². The Morgan fingerprint density at radius 3 is 1.28 bits per heavy atom. The Labute approximate surface area is 112 Å². The summed E-state index contributed by atoms with van der Waals surface area (Å²) in [5, 5.41) is 0. The maximum atomic E-state index is 12.0. The van der Waals surface area contributed by atoms with Gasteiger partial charge < -0.3 is 0 Å². The van der Waals surface area contributed by atoms with E-state index in [-0.39, 0.29) is 0 Å². The molecule has 2 unspecified atom stereocenters. The maximum absolute atomic E-state index is 12.0. The molecule has 0 saturated carbocycles. The first-order valence-electron chi connectivity index (χ1n) is 5.64. The molecule has 0 aliphatic rings. The van der Waals surface area contributed by atoms with E-state index in [9.17, 15) is 8.42 Å². The summed E-state index contributed by atoms with van der Waals surface area (Å²) in [6, 6.07) is 18.6. The molecular weight excluding hydrogens is 264 g/mol. The Kier molecular flexibility index (Phi) is 4.84. The van der Waals surface area contributed by atoms with Gasteiger partial charge in [0, 0.05) is 21.3 Å². The zero-order chi connectivity index (χ0) is 12.8. The van der Waals surface area contributed by atoms with Crippen molar-refractivity contribution < 1.29 is 8.42 Å². The normalized spacial score (nSPS) is 14.0. The van der Waals surface area contributed by atoms with Crippen LogP contribution in [0, 0.1) is 0 Å². The minimum atomic E-state index is -1.07. The van der Waals surface area contributed by atoms with E-state index in [1.165, 1.54) is 0 Å². The Hall–Kier alpha value is -1.26. The average Bonchev–Trinajstić information content (AvgIpc) is 2.46. The van der Waals surface area contributed by atoms with Crippen LogP contribution in [0.2, 0.25) is 0 Å². The van der Waals surface area contributed by atoms with Gasteiger partial charge in [0.15, 0.2) is 0 Å². The van der Waals surface area contributed by atoms with E-state index in [0.29, 0.717) is 11.5 Å². The number of hydrogen-bond acceptors (Lipinski definition) is 2. The molecule has 94 valence electrons. The lowest BCUT2D eigenvalue weighted by molar-refractivity contribution is 0.678. The maximum Gasteiger partial charge on any atom is 0.0538 e. The fraction of sp³-hybridized carbons (Fsp3) is 0.143. The minimum Gasteiger partial charge on any atom is -0.254 e. The summed E-state index contributed by atoms with van der Waals surface area (Å²) in [5.74, 6) is 0.844. The van der Waals surface area contributed by atoms with Crippen LogP contribution in [0.5, 0.6) is 0 Å². The lowest BCUT2D eigenvalue weighted by atomic mass is 10.4. The number of benzene rings is 2. The molecule has 0 spiro atoms. The SMILES string of the molecule is O=S(CCS(=O)c1ccccc1)c1ccccc1. The van der Waals surface area contributed by atoms with Gasteiger partial charge in [-0.25, -0.2) is 0 Å². The Morgan fingerprint density at radius 2 is 0.944 bits per heavy atom. The molecule has 2 nitrogen and oxygen atoms in total. The van der Waals surface area contributed by atoms with Crippen LogP contribution in [-0.2, 0) is 21.6 Å². The first kappa shape index (κ1) is 13.2. The molecule has 4 heteroatoms. The highest BCUT2D eigenvalue weighted by atomic mass is 32.2. The van der Waals surface area contributed by atoms with E-state index in [0.717, 1.165) is 9.79 Å². The summed E-state index contributed by atoms with van der Waals surface area (Å²) < 4.78 is 23.9. The van der Waals surface area contributed by atoms with Crippen molar-refractivity contribution in [2.75, 3.05) is 11.5 Å². The molecule has 18 heavy (non-hydrogen) atoms. The summed E-state index contributed by atoms with van der Waals surface area (Å²) >= 11 is 0. The van der Waals surface area contributed by atoms with Gasteiger partial charge in [0.25, 0.3) is 0 Å². The van der Waals surface area contributed by atoms with Crippen LogP contribution in [0.4, 0.5) is 0 Å². The monoisotopic (exact) mass is 278 g/mol. The van der Waals surface area contributed by atoms with Crippen molar-refractivity contribution in [1.29, 1.82) is 0 Å². The van der Waals surface area contributed by atoms with Crippen molar-refractivity contribution in [3.8, 4) is 0 Å². The molecule has 0 saturated heterocycles. The molecule has 0 fully saturated rings. The highest BCUT2D eigenvalue weighted by molar-refractivity contribution is 7.88. The zero-order valence-corrected chi connectivity index (χ0v) is 11.5. The molecule has 0 amide bonds. The largest absolute Gasteiger partial charge is 0.254 e. The third-order valence-corrected chi connectivity index (χ3v) is 5.47. The summed E-state index contributed by atoms with van der Waals surface area (Å²) in [7, 11) is -2.14. The molecule has 0 radical (unpaired) electrons. The zero-order valence-electron chi connectivity index (χ0n) is 9.82. The first-order valence-corrected chi connectivity index (χ1v) is 8.28. The van der Waals surface area contributed by atoms with E-state index in [4.69, 9.17) is 0 Å². The van der Waals surface area contributed by atoms with E-state index in [1.807, 2.05) is 60.7 Å². The van der Waals surface area contributed by atoms with Gasteiger partial charge in [-0.2, -0.15) is 0 Å². The lowest BCUT2D eigenvalue weighted by Crippen LogP contribution is -2.08. The van der Waals surface area contributed by atoms with Crippen molar-refractivity contribution in [3.05, 3.63) is 60.7 Å². The molecule has 0 aliphatic carbocycles. The van der Waals surface area contributed by atoms with E-state index < -0.39 is 21.6 Å². The molecule has 2 rings (SSSR count). The van der Waals surface area contributed by atoms with Crippen LogP contribution in [0.15, 0.2) is 70.5 Å². The Bertz CT molecular complexity index is 487. The average molecular weight is 278 g/mol. The van der Waals surface area contributed by atoms with Gasteiger partial charge >= 0.3 is 0 Å².